The Bertz CT molecular complexity index is 511. The molecule has 1 nitrogen and oxygen atoms in total. The molecule has 0 radical (unpaired) electrons. The highest BCUT2D eigenvalue weighted by molar-refractivity contribution is 9.10. The molecule has 2 aromatic carbocycles. The fraction of sp³-hybridized carbons (Fsp3) is 0.0769. The van der Waals surface area contributed by atoms with E-state index in [9.17, 15) is 0 Å². The molecule has 82 valence electrons. The molecule has 16 heavy (non-hydrogen) atoms. The van der Waals surface area contributed by atoms with Gasteiger partial charge in [0.25, 0.3) is 0 Å². The fourth-order valence-electron chi connectivity index (χ4n) is 1.40. The van der Waals surface area contributed by atoms with E-state index in [-0.39, 0.29) is 0 Å². The first-order chi connectivity index (χ1) is 7.65. The average molecular weight is 294 g/mol. The number of nitrogens with two attached hydrogens (primary N) is 1. The molecule has 0 atom stereocenters. The van der Waals surface area contributed by atoms with Crippen molar-refractivity contribution in [1.29, 1.82) is 0 Å². The minimum atomic E-state index is 0.815. The molecule has 3 heteroatoms. The summed E-state index contributed by atoms with van der Waals surface area (Å²) in [6.45, 7) is 2.09. The Hall–Kier alpha value is -0.930. The third-order valence-electron chi connectivity index (χ3n) is 2.19. The van der Waals surface area contributed by atoms with Crippen molar-refractivity contribution in [2.75, 3.05) is 5.73 Å². The largest absolute Gasteiger partial charge is 0.398 e. The van der Waals surface area contributed by atoms with Gasteiger partial charge in [0, 0.05) is 20.0 Å². The first kappa shape index (κ1) is 11.6. The van der Waals surface area contributed by atoms with Crippen LogP contribution in [0.1, 0.15) is 5.56 Å². The maximum Gasteiger partial charge on any atom is 0.0456 e. The van der Waals surface area contributed by atoms with E-state index in [2.05, 4.69) is 47.1 Å². The van der Waals surface area contributed by atoms with E-state index >= 15 is 0 Å². The monoisotopic (exact) mass is 293 g/mol. The molecule has 0 saturated heterocycles. The second-order valence-corrected chi connectivity index (χ2v) is 5.63. The maximum absolute atomic E-state index is 5.93. The number of halogens is 1. The van der Waals surface area contributed by atoms with Crippen LogP contribution in [0.3, 0.4) is 0 Å². The second-order valence-electron chi connectivity index (χ2n) is 3.60. The molecule has 0 unspecified atom stereocenters. The Kier molecular flexibility index (Phi) is 3.56. The van der Waals surface area contributed by atoms with Gasteiger partial charge in [-0.05, 0) is 37.3 Å². The number of rotatable bonds is 2. The van der Waals surface area contributed by atoms with Crippen LogP contribution in [0.4, 0.5) is 5.69 Å². The van der Waals surface area contributed by atoms with Crippen molar-refractivity contribution in [3.63, 3.8) is 0 Å². The van der Waals surface area contributed by atoms with Crippen molar-refractivity contribution in [2.45, 2.75) is 16.7 Å². The number of benzene rings is 2. The number of aryl methyl sites for hydroxylation is 1. The van der Waals surface area contributed by atoms with Gasteiger partial charge < -0.3 is 5.73 Å². The minimum Gasteiger partial charge on any atom is -0.398 e. The summed E-state index contributed by atoms with van der Waals surface area (Å²) in [6.07, 6.45) is 0. The molecule has 2 rings (SSSR count). The van der Waals surface area contributed by atoms with Gasteiger partial charge >= 0.3 is 0 Å². The molecule has 0 aliphatic carbocycles. The smallest absolute Gasteiger partial charge is 0.0456 e. The van der Waals surface area contributed by atoms with Crippen LogP contribution < -0.4 is 5.73 Å². The first-order valence-electron chi connectivity index (χ1n) is 4.95. The van der Waals surface area contributed by atoms with Crippen molar-refractivity contribution >= 4 is 33.4 Å². The summed E-state index contributed by atoms with van der Waals surface area (Å²) in [4.78, 5) is 2.30. The molecule has 0 fully saturated rings. The van der Waals surface area contributed by atoms with Gasteiger partial charge in [-0.1, -0.05) is 45.4 Å². The van der Waals surface area contributed by atoms with Crippen LogP contribution in [0.2, 0.25) is 0 Å². The molecule has 0 saturated carbocycles. The van der Waals surface area contributed by atoms with Gasteiger partial charge in [0.1, 0.15) is 0 Å². The van der Waals surface area contributed by atoms with Gasteiger partial charge in [0.05, 0.1) is 0 Å². The summed E-state index contributed by atoms with van der Waals surface area (Å²) in [5.41, 5.74) is 8.01. The zero-order valence-corrected chi connectivity index (χ0v) is 11.3. The third-order valence-corrected chi connectivity index (χ3v) is 3.75. The SMILES string of the molecule is Cc1cccc(Sc2cc(Br)ccc2N)c1. The van der Waals surface area contributed by atoms with Crippen LogP contribution in [0.5, 0.6) is 0 Å². The fourth-order valence-corrected chi connectivity index (χ4v) is 2.93. The maximum atomic E-state index is 5.93. The van der Waals surface area contributed by atoms with Crippen molar-refractivity contribution in [1.82, 2.24) is 0 Å². The molecule has 0 bridgehead atoms. The van der Waals surface area contributed by atoms with Gasteiger partial charge in [0.15, 0.2) is 0 Å². The van der Waals surface area contributed by atoms with E-state index in [1.54, 1.807) is 11.8 Å². The van der Waals surface area contributed by atoms with Crippen LogP contribution >= 0.6 is 27.7 Å². The quantitative estimate of drug-likeness (QED) is 0.826. The Morgan fingerprint density at radius 3 is 2.69 bits per heavy atom. The highest BCUT2D eigenvalue weighted by Gasteiger charge is 2.02. The highest BCUT2D eigenvalue weighted by Crippen LogP contribution is 2.34. The Morgan fingerprint density at radius 2 is 1.94 bits per heavy atom. The second kappa shape index (κ2) is 4.93. The molecule has 2 N–H and O–H groups in total. The minimum absolute atomic E-state index is 0.815. The number of nitrogen functional groups attached to an aromatic ring is 1. The lowest BCUT2D eigenvalue weighted by atomic mass is 10.2. The van der Waals surface area contributed by atoms with Crippen LogP contribution in [0.25, 0.3) is 0 Å². The molecular formula is C13H12BrNS. The summed E-state index contributed by atoms with van der Waals surface area (Å²) in [7, 11) is 0. The Morgan fingerprint density at radius 1 is 1.12 bits per heavy atom. The van der Waals surface area contributed by atoms with Gasteiger partial charge in [-0.25, -0.2) is 0 Å². The molecule has 0 spiro atoms. The van der Waals surface area contributed by atoms with Gasteiger partial charge in [-0.15, -0.1) is 0 Å². The molecule has 2 aromatic rings. The molecule has 0 aliphatic rings. The summed E-state index contributed by atoms with van der Waals surface area (Å²) in [5, 5.41) is 0. The van der Waals surface area contributed by atoms with E-state index in [1.165, 1.54) is 10.5 Å². The zero-order valence-electron chi connectivity index (χ0n) is 8.91. The van der Waals surface area contributed by atoms with E-state index in [0.717, 1.165) is 15.1 Å². The third kappa shape index (κ3) is 2.80. The van der Waals surface area contributed by atoms with Crippen LogP contribution in [-0.2, 0) is 0 Å². The molecule has 0 heterocycles. The molecular weight excluding hydrogens is 282 g/mol. The summed E-state index contributed by atoms with van der Waals surface area (Å²) in [5.74, 6) is 0. The molecule has 0 amide bonds. The number of hydrogen-bond acceptors (Lipinski definition) is 2. The predicted molar refractivity (Wildman–Crippen MR) is 73.9 cm³/mol. The van der Waals surface area contributed by atoms with E-state index in [1.807, 2.05) is 18.2 Å². The van der Waals surface area contributed by atoms with E-state index < -0.39 is 0 Å². The summed E-state index contributed by atoms with van der Waals surface area (Å²) in [6, 6.07) is 14.3. The zero-order chi connectivity index (χ0) is 11.5. The van der Waals surface area contributed by atoms with Crippen molar-refractivity contribution in [2.24, 2.45) is 0 Å². The number of hydrogen-bond donors (Lipinski definition) is 1. The van der Waals surface area contributed by atoms with Crippen molar-refractivity contribution in [3.05, 3.63) is 52.5 Å². The average Bonchev–Trinajstić information content (AvgIpc) is 2.24. The van der Waals surface area contributed by atoms with Crippen LogP contribution in [0.15, 0.2) is 56.7 Å². The lowest BCUT2D eigenvalue weighted by molar-refractivity contribution is 1.34. The van der Waals surface area contributed by atoms with Crippen LogP contribution in [0, 0.1) is 6.92 Å². The van der Waals surface area contributed by atoms with Crippen molar-refractivity contribution < 1.29 is 0 Å². The molecule has 0 aromatic heterocycles. The first-order valence-corrected chi connectivity index (χ1v) is 6.55. The number of anilines is 1. The lowest BCUT2D eigenvalue weighted by Crippen LogP contribution is -1.87. The Balaban J connectivity index is 2.30. The standard InChI is InChI=1S/C13H12BrNS/c1-9-3-2-4-11(7-9)16-13-8-10(14)5-6-12(13)15/h2-8H,15H2,1H3. The normalized spacial score (nSPS) is 10.4. The molecule has 0 aliphatic heterocycles. The Labute approximate surface area is 108 Å². The van der Waals surface area contributed by atoms with Gasteiger partial charge in [0.2, 0.25) is 0 Å². The van der Waals surface area contributed by atoms with E-state index in [4.69, 9.17) is 5.73 Å². The van der Waals surface area contributed by atoms with Crippen LogP contribution in [-0.4, -0.2) is 0 Å². The van der Waals surface area contributed by atoms with Gasteiger partial charge in [-0.3, -0.25) is 0 Å². The topological polar surface area (TPSA) is 26.0 Å². The lowest BCUT2D eigenvalue weighted by Gasteiger charge is -2.06. The summed E-state index contributed by atoms with van der Waals surface area (Å²) < 4.78 is 1.05. The summed E-state index contributed by atoms with van der Waals surface area (Å²) >= 11 is 5.14. The van der Waals surface area contributed by atoms with Crippen molar-refractivity contribution in [3.8, 4) is 0 Å². The van der Waals surface area contributed by atoms with E-state index in [0.29, 0.717) is 0 Å². The predicted octanol–water partition coefficient (Wildman–Crippen LogP) is 4.49. The van der Waals surface area contributed by atoms with Gasteiger partial charge in [-0.2, -0.15) is 0 Å². The highest BCUT2D eigenvalue weighted by atomic mass is 79.9.